The Balaban J connectivity index is 3.12. The molecule has 0 atom stereocenters. The maximum atomic E-state index is 10.1. The molecule has 0 aliphatic rings. The van der Waals surface area contributed by atoms with Crippen molar-refractivity contribution in [2.24, 2.45) is 0 Å². The third kappa shape index (κ3) is 0.510. The van der Waals surface area contributed by atoms with E-state index in [2.05, 4.69) is 15.5 Å². The minimum atomic E-state index is 0.278. The van der Waals surface area contributed by atoms with Crippen LogP contribution in [0.25, 0.3) is 0 Å². The lowest BCUT2D eigenvalue weighted by Gasteiger charge is -1.98. The van der Waals surface area contributed by atoms with Crippen molar-refractivity contribution in [2.45, 2.75) is 6.92 Å². The Kier molecular flexibility index (Phi) is 0.680. The van der Waals surface area contributed by atoms with E-state index < -0.39 is 0 Å². The zero-order valence-corrected chi connectivity index (χ0v) is 3.70. The Hall–Kier alpha value is -1.13. The number of aromatic nitrogens is 4. The van der Waals surface area contributed by atoms with E-state index in [1.807, 2.05) is 0 Å². The van der Waals surface area contributed by atoms with Crippen molar-refractivity contribution in [3.8, 4) is 0 Å². The van der Waals surface area contributed by atoms with E-state index in [9.17, 15) is 5.21 Å². The average molecular weight is 99.1 g/mol. The minimum absolute atomic E-state index is 0.278. The summed E-state index contributed by atoms with van der Waals surface area (Å²) >= 11 is 0. The molecule has 0 aliphatic carbocycles. The predicted molar refractivity (Wildman–Crippen MR) is 21.3 cm³/mol. The molecule has 1 aromatic heterocycles. The lowest BCUT2D eigenvalue weighted by atomic mass is 10.8. The molecule has 0 fully saturated rings. The molecule has 1 aromatic rings. The van der Waals surface area contributed by atoms with Gasteiger partial charge in [0.1, 0.15) is 5.82 Å². The topological polar surface area (TPSA) is 66.7 Å². The molecule has 0 aromatic carbocycles. The highest BCUT2D eigenvalue weighted by Gasteiger charge is 1.83. The van der Waals surface area contributed by atoms with Gasteiger partial charge in [0.15, 0.2) is 0 Å². The molecule has 7 heavy (non-hydrogen) atoms. The highest BCUT2D eigenvalue weighted by atomic mass is 16.5. The fourth-order valence-electron chi connectivity index (χ4n) is 0.224. The third-order valence-corrected chi connectivity index (χ3v) is 0.588. The first-order valence-corrected chi connectivity index (χ1v) is 1.73. The number of nitrogens with zero attached hydrogens (tertiary/aromatic N) is 4. The van der Waals surface area contributed by atoms with Crippen molar-refractivity contribution in [1.29, 1.82) is 0 Å². The second-order valence-corrected chi connectivity index (χ2v) is 1.10. The summed E-state index contributed by atoms with van der Waals surface area (Å²) in [5.74, 6) is 0.278. The number of hydrogen-bond donors (Lipinski definition) is 0. The first-order valence-electron chi connectivity index (χ1n) is 1.73. The van der Waals surface area contributed by atoms with Crippen molar-refractivity contribution >= 4 is 0 Å². The van der Waals surface area contributed by atoms with Crippen LogP contribution in [0.1, 0.15) is 5.82 Å². The molecule has 1 heterocycles. The summed E-state index contributed by atoms with van der Waals surface area (Å²) in [6, 6.07) is 0. The highest BCUT2D eigenvalue weighted by molar-refractivity contribution is 4.73. The van der Waals surface area contributed by atoms with Crippen LogP contribution in [0.2, 0.25) is 0 Å². The second kappa shape index (κ2) is 1.18. The van der Waals surface area contributed by atoms with Gasteiger partial charge in [0.25, 0.3) is 0 Å². The molecular formula is C2H3N4O-. The Bertz CT molecular complexity index is 142. The van der Waals surface area contributed by atoms with Gasteiger partial charge in [0.05, 0.1) is 0 Å². The van der Waals surface area contributed by atoms with Gasteiger partial charge < -0.3 is 5.21 Å². The Morgan fingerprint density at radius 1 is 1.71 bits per heavy atom. The van der Waals surface area contributed by atoms with Gasteiger partial charge in [-0.1, -0.05) is 0 Å². The maximum Gasteiger partial charge on any atom is 0.143 e. The lowest BCUT2D eigenvalue weighted by molar-refractivity contribution is 0.782. The minimum Gasteiger partial charge on any atom is -0.788 e. The summed E-state index contributed by atoms with van der Waals surface area (Å²) in [7, 11) is 0. The largest absolute Gasteiger partial charge is 0.788 e. The van der Waals surface area contributed by atoms with E-state index in [0.717, 1.165) is 0 Å². The van der Waals surface area contributed by atoms with E-state index in [-0.39, 0.29) is 5.82 Å². The van der Waals surface area contributed by atoms with Crippen molar-refractivity contribution < 1.29 is 0 Å². The number of aryl methyl sites for hydroxylation is 1. The second-order valence-electron chi connectivity index (χ2n) is 1.10. The normalized spacial score (nSPS) is 9.29. The molecule has 5 nitrogen and oxygen atoms in total. The van der Waals surface area contributed by atoms with Crippen molar-refractivity contribution in [2.75, 3.05) is 0 Å². The molecule has 1 rings (SSSR count). The molecule has 0 N–H and O–H groups in total. The van der Waals surface area contributed by atoms with Crippen molar-refractivity contribution in [3.05, 3.63) is 11.0 Å². The highest BCUT2D eigenvalue weighted by Crippen LogP contribution is 1.79. The van der Waals surface area contributed by atoms with Gasteiger partial charge in [-0.05, 0) is 17.4 Å². The first-order chi connectivity index (χ1) is 3.30. The van der Waals surface area contributed by atoms with Gasteiger partial charge >= 0.3 is 0 Å². The van der Waals surface area contributed by atoms with Crippen LogP contribution in [0.5, 0.6) is 0 Å². The van der Waals surface area contributed by atoms with Crippen molar-refractivity contribution in [3.63, 3.8) is 0 Å². The van der Waals surface area contributed by atoms with Crippen LogP contribution in [0.3, 0.4) is 0 Å². The van der Waals surface area contributed by atoms with Gasteiger partial charge in [-0.2, -0.15) is 0 Å². The van der Waals surface area contributed by atoms with Crippen LogP contribution in [0.15, 0.2) is 0 Å². The molecule has 0 saturated carbocycles. The molecule has 0 amide bonds. The summed E-state index contributed by atoms with van der Waals surface area (Å²) < 4.78 is 0. The van der Waals surface area contributed by atoms with Gasteiger partial charge in [0, 0.05) is 0 Å². The van der Waals surface area contributed by atoms with Gasteiger partial charge in [-0.25, -0.2) is 0 Å². The monoisotopic (exact) mass is 99.0 g/mol. The maximum absolute atomic E-state index is 10.1. The SMILES string of the molecule is Cc1nnnn1[O-]. The summed E-state index contributed by atoms with van der Waals surface area (Å²) in [5, 5.41) is 19.5. The van der Waals surface area contributed by atoms with Gasteiger partial charge in [-0.3, -0.25) is 4.85 Å². The van der Waals surface area contributed by atoms with E-state index in [1.54, 1.807) is 0 Å². The smallest absolute Gasteiger partial charge is 0.143 e. The third-order valence-electron chi connectivity index (χ3n) is 0.588. The Labute approximate surface area is 39.5 Å². The average Bonchev–Trinajstić information content (AvgIpc) is 1.91. The standard InChI is InChI=1S/C2H3N4O/c1-2-3-4-5-6(2)7/h1H3/q-1. The van der Waals surface area contributed by atoms with E-state index in [0.29, 0.717) is 4.85 Å². The summed E-state index contributed by atoms with van der Waals surface area (Å²) in [6.07, 6.45) is 0. The zero-order chi connectivity index (χ0) is 5.28. The molecule has 0 saturated heterocycles. The predicted octanol–water partition coefficient (Wildman–Crippen LogP) is -0.673. The van der Waals surface area contributed by atoms with Crippen LogP contribution in [0, 0.1) is 12.1 Å². The Morgan fingerprint density at radius 3 is 2.57 bits per heavy atom. The van der Waals surface area contributed by atoms with Gasteiger partial charge in [-0.15, -0.1) is 5.10 Å². The quantitative estimate of drug-likeness (QED) is 0.432. The molecular weight excluding hydrogens is 96.0 g/mol. The summed E-state index contributed by atoms with van der Waals surface area (Å²) in [6.45, 7) is 1.53. The molecule has 5 heteroatoms. The lowest BCUT2D eigenvalue weighted by Crippen LogP contribution is -1.89. The van der Waals surface area contributed by atoms with Crippen LogP contribution >= 0.6 is 0 Å². The number of tetrazole rings is 1. The Morgan fingerprint density at radius 2 is 2.43 bits per heavy atom. The van der Waals surface area contributed by atoms with Crippen molar-refractivity contribution in [1.82, 2.24) is 20.4 Å². The number of hydrogen-bond acceptors (Lipinski definition) is 4. The summed E-state index contributed by atoms with van der Waals surface area (Å²) in [5.41, 5.74) is 0. The van der Waals surface area contributed by atoms with E-state index >= 15 is 0 Å². The van der Waals surface area contributed by atoms with Crippen LogP contribution in [0.4, 0.5) is 0 Å². The molecule has 38 valence electrons. The first kappa shape index (κ1) is 4.04. The zero-order valence-electron chi connectivity index (χ0n) is 3.70. The van der Waals surface area contributed by atoms with Gasteiger partial charge in [0.2, 0.25) is 0 Å². The molecule has 0 bridgehead atoms. The fraction of sp³-hybridized carbons (Fsp3) is 0.500. The molecule has 0 spiro atoms. The van der Waals surface area contributed by atoms with E-state index in [4.69, 9.17) is 0 Å². The van der Waals surface area contributed by atoms with Crippen LogP contribution in [-0.4, -0.2) is 20.4 Å². The summed E-state index contributed by atoms with van der Waals surface area (Å²) in [4.78, 5) is 0.361. The molecule has 0 unspecified atom stereocenters. The van der Waals surface area contributed by atoms with E-state index in [1.165, 1.54) is 6.92 Å². The van der Waals surface area contributed by atoms with Crippen LogP contribution in [-0.2, 0) is 0 Å². The van der Waals surface area contributed by atoms with Crippen LogP contribution < -0.4 is 0 Å². The molecule has 0 aliphatic heterocycles. The fourth-order valence-corrected chi connectivity index (χ4v) is 0.224. The number of rotatable bonds is 0. The molecule has 0 radical (unpaired) electrons.